The SMILES string of the molecule is CN1CCN(C(=O)NC2CCCN(S(C)(=O)=O)C2)C(c2ccccc2)C1. The van der Waals surface area contributed by atoms with Gasteiger partial charge in [-0.15, -0.1) is 0 Å². The Kier molecular flexibility index (Phi) is 5.84. The molecule has 1 aromatic rings. The van der Waals surface area contributed by atoms with Crippen molar-refractivity contribution < 1.29 is 13.2 Å². The summed E-state index contributed by atoms with van der Waals surface area (Å²) in [5.74, 6) is 0. The topological polar surface area (TPSA) is 73.0 Å². The van der Waals surface area contributed by atoms with Crippen LogP contribution in [-0.4, -0.2) is 80.6 Å². The number of urea groups is 1. The maximum Gasteiger partial charge on any atom is 0.318 e. The zero-order valence-corrected chi connectivity index (χ0v) is 16.3. The van der Waals surface area contributed by atoms with E-state index in [9.17, 15) is 13.2 Å². The van der Waals surface area contributed by atoms with Crippen molar-refractivity contribution in [1.29, 1.82) is 0 Å². The fraction of sp³-hybridized carbons (Fsp3) is 0.611. The average Bonchev–Trinajstić information content (AvgIpc) is 2.62. The van der Waals surface area contributed by atoms with Gasteiger partial charge in [0.15, 0.2) is 0 Å². The number of amides is 2. The fourth-order valence-corrected chi connectivity index (χ4v) is 4.65. The highest BCUT2D eigenvalue weighted by Gasteiger charge is 2.33. The lowest BCUT2D eigenvalue weighted by Gasteiger charge is -2.41. The van der Waals surface area contributed by atoms with Gasteiger partial charge in [0.1, 0.15) is 0 Å². The van der Waals surface area contributed by atoms with Crippen molar-refractivity contribution in [2.45, 2.75) is 24.9 Å². The fourth-order valence-electron chi connectivity index (χ4n) is 3.74. The predicted molar refractivity (Wildman–Crippen MR) is 101 cm³/mol. The quantitative estimate of drug-likeness (QED) is 0.853. The Morgan fingerprint density at radius 3 is 2.54 bits per heavy atom. The molecule has 26 heavy (non-hydrogen) atoms. The minimum atomic E-state index is -3.22. The van der Waals surface area contributed by atoms with Gasteiger partial charge in [0.05, 0.1) is 12.3 Å². The highest BCUT2D eigenvalue weighted by Crippen LogP contribution is 2.25. The van der Waals surface area contributed by atoms with Gasteiger partial charge < -0.3 is 15.1 Å². The van der Waals surface area contributed by atoms with Crippen LogP contribution in [0.4, 0.5) is 4.79 Å². The van der Waals surface area contributed by atoms with E-state index in [-0.39, 0.29) is 18.1 Å². The van der Waals surface area contributed by atoms with Crippen LogP contribution >= 0.6 is 0 Å². The van der Waals surface area contributed by atoms with Crippen LogP contribution in [0.2, 0.25) is 0 Å². The Morgan fingerprint density at radius 2 is 1.85 bits per heavy atom. The highest BCUT2D eigenvalue weighted by molar-refractivity contribution is 7.88. The monoisotopic (exact) mass is 380 g/mol. The second kappa shape index (κ2) is 7.94. The van der Waals surface area contributed by atoms with E-state index in [1.54, 1.807) is 0 Å². The summed E-state index contributed by atoms with van der Waals surface area (Å²) in [4.78, 5) is 17.1. The molecule has 0 saturated carbocycles. The molecule has 2 aliphatic heterocycles. The number of carbonyl (C=O) groups is 1. The van der Waals surface area contributed by atoms with Gasteiger partial charge in [-0.1, -0.05) is 30.3 Å². The van der Waals surface area contributed by atoms with Gasteiger partial charge >= 0.3 is 6.03 Å². The van der Waals surface area contributed by atoms with E-state index >= 15 is 0 Å². The van der Waals surface area contributed by atoms with Crippen LogP contribution in [0.1, 0.15) is 24.4 Å². The molecular formula is C18H28N4O3S. The minimum absolute atomic E-state index is 0.00421. The second-order valence-electron chi connectivity index (χ2n) is 7.29. The number of carbonyl (C=O) groups excluding carboxylic acids is 1. The number of likely N-dealkylation sites (N-methyl/N-ethyl adjacent to an activating group) is 1. The van der Waals surface area contributed by atoms with E-state index in [4.69, 9.17) is 0 Å². The van der Waals surface area contributed by atoms with E-state index in [0.29, 0.717) is 19.6 Å². The van der Waals surface area contributed by atoms with E-state index in [1.807, 2.05) is 23.1 Å². The van der Waals surface area contributed by atoms with Crippen LogP contribution in [0.5, 0.6) is 0 Å². The molecule has 7 nitrogen and oxygen atoms in total. The Hall–Kier alpha value is -1.64. The van der Waals surface area contributed by atoms with Gasteiger partial charge in [-0.05, 0) is 25.5 Å². The number of benzene rings is 1. The lowest BCUT2D eigenvalue weighted by atomic mass is 10.0. The Bertz CT molecular complexity index is 725. The number of hydrogen-bond donors (Lipinski definition) is 1. The number of hydrogen-bond acceptors (Lipinski definition) is 4. The lowest BCUT2D eigenvalue weighted by molar-refractivity contribution is 0.105. The van der Waals surface area contributed by atoms with Crippen molar-refractivity contribution in [1.82, 2.24) is 19.4 Å². The molecule has 1 aromatic carbocycles. The number of rotatable bonds is 3. The van der Waals surface area contributed by atoms with Gasteiger partial charge in [-0.2, -0.15) is 0 Å². The van der Waals surface area contributed by atoms with E-state index in [0.717, 1.165) is 31.5 Å². The van der Waals surface area contributed by atoms with Crippen LogP contribution in [0.15, 0.2) is 30.3 Å². The molecule has 1 N–H and O–H groups in total. The number of sulfonamides is 1. The largest absolute Gasteiger partial charge is 0.334 e. The van der Waals surface area contributed by atoms with E-state index in [1.165, 1.54) is 10.6 Å². The molecule has 0 radical (unpaired) electrons. The predicted octanol–water partition coefficient (Wildman–Crippen LogP) is 1.11. The van der Waals surface area contributed by atoms with E-state index < -0.39 is 10.0 Å². The van der Waals surface area contributed by atoms with Gasteiger partial charge in [0.2, 0.25) is 10.0 Å². The molecule has 0 aromatic heterocycles. The summed E-state index contributed by atoms with van der Waals surface area (Å²) >= 11 is 0. The standard InChI is InChI=1S/C18H28N4O3S/c1-20-11-12-22(17(14-20)15-7-4-3-5-8-15)18(23)19-16-9-6-10-21(13-16)26(2,24)25/h3-5,7-8,16-17H,6,9-14H2,1-2H3,(H,19,23). The van der Waals surface area contributed by atoms with Crippen molar-refractivity contribution in [3.05, 3.63) is 35.9 Å². The maximum atomic E-state index is 12.9. The molecule has 2 fully saturated rings. The first-order valence-electron chi connectivity index (χ1n) is 9.10. The summed E-state index contributed by atoms with van der Waals surface area (Å²) in [5, 5.41) is 3.07. The van der Waals surface area contributed by atoms with E-state index in [2.05, 4.69) is 29.4 Å². The smallest absolute Gasteiger partial charge is 0.318 e. The van der Waals surface area contributed by atoms with Crippen LogP contribution < -0.4 is 5.32 Å². The normalized spacial score (nSPS) is 25.8. The highest BCUT2D eigenvalue weighted by atomic mass is 32.2. The number of nitrogens with one attached hydrogen (secondary N) is 1. The number of piperidine rings is 1. The maximum absolute atomic E-state index is 12.9. The molecular weight excluding hydrogens is 352 g/mol. The second-order valence-corrected chi connectivity index (χ2v) is 9.27. The van der Waals surface area contributed by atoms with Crippen molar-refractivity contribution in [3.8, 4) is 0 Å². The minimum Gasteiger partial charge on any atom is -0.334 e. The zero-order chi connectivity index (χ0) is 18.7. The van der Waals surface area contributed by atoms with Crippen LogP contribution in [0.3, 0.4) is 0 Å². The molecule has 2 aliphatic rings. The molecule has 0 aliphatic carbocycles. The first-order chi connectivity index (χ1) is 12.3. The Morgan fingerprint density at radius 1 is 1.12 bits per heavy atom. The summed E-state index contributed by atoms with van der Waals surface area (Å²) in [6.07, 6.45) is 2.80. The summed E-state index contributed by atoms with van der Waals surface area (Å²) in [6, 6.07) is 9.82. The molecule has 2 atom stereocenters. The van der Waals surface area contributed by atoms with Gasteiger partial charge in [0, 0.05) is 38.8 Å². The van der Waals surface area contributed by atoms with Crippen molar-refractivity contribution in [3.63, 3.8) is 0 Å². The van der Waals surface area contributed by atoms with Crippen molar-refractivity contribution in [2.24, 2.45) is 0 Å². The molecule has 8 heteroatoms. The van der Waals surface area contributed by atoms with Crippen molar-refractivity contribution >= 4 is 16.1 Å². The van der Waals surface area contributed by atoms with Crippen LogP contribution in [-0.2, 0) is 10.0 Å². The molecule has 144 valence electrons. The van der Waals surface area contributed by atoms with Gasteiger partial charge in [-0.3, -0.25) is 0 Å². The molecule has 0 spiro atoms. The van der Waals surface area contributed by atoms with Crippen LogP contribution in [0.25, 0.3) is 0 Å². The molecule has 2 amide bonds. The van der Waals surface area contributed by atoms with Crippen LogP contribution in [0, 0.1) is 0 Å². The Balaban J connectivity index is 1.69. The molecule has 2 heterocycles. The third-order valence-corrected chi connectivity index (χ3v) is 6.48. The van der Waals surface area contributed by atoms with Crippen molar-refractivity contribution in [2.75, 3.05) is 46.0 Å². The first kappa shape index (κ1) is 19.1. The number of nitrogens with zero attached hydrogens (tertiary/aromatic N) is 3. The summed E-state index contributed by atoms with van der Waals surface area (Å²) in [5.41, 5.74) is 1.12. The molecule has 3 rings (SSSR count). The summed E-state index contributed by atoms with van der Waals surface area (Å²) in [6.45, 7) is 3.17. The first-order valence-corrected chi connectivity index (χ1v) is 10.9. The average molecular weight is 381 g/mol. The van der Waals surface area contributed by atoms with Gasteiger partial charge in [0.25, 0.3) is 0 Å². The summed E-state index contributed by atoms with van der Waals surface area (Å²) < 4.78 is 25.0. The summed E-state index contributed by atoms with van der Waals surface area (Å²) in [7, 11) is -1.15. The molecule has 2 saturated heterocycles. The zero-order valence-electron chi connectivity index (χ0n) is 15.5. The number of piperazine rings is 1. The molecule has 2 unspecified atom stereocenters. The third-order valence-electron chi connectivity index (χ3n) is 5.21. The Labute approximate surface area is 156 Å². The lowest BCUT2D eigenvalue weighted by Crippen LogP contribution is -2.56. The third kappa shape index (κ3) is 4.55. The van der Waals surface area contributed by atoms with Gasteiger partial charge in [-0.25, -0.2) is 17.5 Å². The molecule has 0 bridgehead atoms.